The standard InChI is InChI=1S/C14H39NO3Si4.4CH4/c1-10-13-21(8,16-19(2,3)4)18-22(9,14-11-12-15)17-20(5,6)7;;;;/h10-15H2,1-9H3;4*1H4. The minimum Gasteiger partial charge on any atom is -0.437 e. The molecule has 166 valence electrons. The first-order valence-corrected chi connectivity index (χ1v) is 20.4. The Morgan fingerprint density at radius 2 is 0.962 bits per heavy atom. The van der Waals surface area contributed by atoms with Gasteiger partial charge in [-0.25, -0.2) is 0 Å². The van der Waals surface area contributed by atoms with Crippen molar-refractivity contribution in [2.75, 3.05) is 6.54 Å². The van der Waals surface area contributed by atoms with Gasteiger partial charge < -0.3 is 18.1 Å². The topological polar surface area (TPSA) is 53.7 Å². The van der Waals surface area contributed by atoms with E-state index in [9.17, 15) is 0 Å². The Morgan fingerprint density at radius 1 is 0.615 bits per heavy atom. The summed E-state index contributed by atoms with van der Waals surface area (Å²) in [4.78, 5) is 0. The van der Waals surface area contributed by atoms with Crippen molar-refractivity contribution in [3.63, 3.8) is 0 Å². The predicted octanol–water partition coefficient (Wildman–Crippen LogP) is 7.15. The van der Waals surface area contributed by atoms with Gasteiger partial charge in [0.05, 0.1) is 0 Å². The molecule has 0 heterocycles. The van der Waals surface area contributed by atoms with Gasteiger partial charge in [-0.05, 0) is 77.4 Å². The third kappa shape index (κ3) is 18.1. The molecule has 0 rings (SSSR count). The largest absolute Gasteiger partial charge is 0.437 e. The summed E-state index contributed by atoms with van der Waals surface area (Å²) in [6.45, 7) is 20.8. The second kappa shape index (κ2) is 14.7. The van der Waals surface area contributed by atoms with Crippen molar-refractivity contribution >= 4 is 33.8 Å². The second-order valence-corrected chi connectivity index (χ2v) is 24.9. The monoisotopic (exact) mass is 445 g/mol. The van der Waals surface area contributed by atoms with Crippen molar-refractivity contribution in [3.8, 4) is 0 Å². The summed E-state index contributed by atoms with van der Waals surface area (Å²) in [5.74, 6) is 0. The van der Waals surface area contributed by atoms with Gasteiger partial charge in [0.15, 0.2) is 16.6 Å². The Bertz CT molecular complexity index is 335. The van der Waals surface area contributed by atoms with E-state index in [1.807, 2.05) is 0 Å². The molecule has 2 N–H and O–H groups in total. The van der Waals surface area contributed by atoms with Gasteiger partial charge in [0.1, 0.15) is 0 Å². The van der Waals surface area contributed by atoms with Gasteiger partial charge in [0.2, 0.25) is 0 Å². The average Bonchev–Trinajstić information content (AvgIpc) is 2.20. The van der Waals surface area contributed by atoms with Crippen LogP contribution in [-0.2, 0) is 12.3 Å². The zero-order chi connectivity index (χ0) is 17.7. The van der Waals surface area contributed by atoms with E-state index in [4.69, 9.17) is 18.1 Å². The molecule has 26 heavy (non-hydrogen) atoms. The SMILES string of the molecule is C.C.C.C.CCC[Si](C)(O[Si](C)(C)C)O[Si](C)(CCCN)O[Si](C)(C)C. The molecule has 0 aliphatic carbocycles. The number of nitrogens with two attached hydrogens (primary N) is 1. The van der Waals surface area contributed by atoms with Crippen LogP contribution in [0.25, 0.3) is 0 Å². The van der Waals surface area contributed by atoms with Gasteiger partial charge in [-0.1, -0.05) is 43.1 Å². The highest BCUT2D eigenvalue weighted by Gasteiger charge is 2.46. The van der Waals surface area contributed by atoms with Gasteiger partial charge >= 0.3 is 17.1 Å². The van der Waals surface area contributed by atoms with Crippen LogP contribution in [0.1, 0.15) is 49.5 Å². The molecule has 0 bridgehead atoms. The summed E-state index contributed by atoms with van der Waals surface area (Å²) in [5.41, 5.74) is 5.73. The quantitative estimate of drug-likeness (QED) is 0.343. The van der Waals surface area contributed by atoms with Crippen LogP contribution < -0.4 is 5.73 Å². The smallest absolute Gasteiger partial charge is 0.315 e. The molecule has 4 nitrogen and oxygen atoms in total. The Morgan fingerprint density at radius 3 is 1.23 bits per heavy atom. The van der Waals surface area contributed by atoms with Crippen molar-refractivity contribution in [3.05, 3.63) is 0 Å². The molecule has 0 aliphatic rings. The van der Waals surface area contributed by atoms with Crippen LogP contribution >= 0.6 is 0 Å². The molecular weight excluding hydrogens is 391 g/mol. The molecule has 0 fully saturated rings. The molecule has 0 amide bonds. The zero-order valence-electron chi connectivity index (χ0n) is 16.3. The molecule has 0 radical (unpaired) electrons. The Hall–Kier alpha value is 0.708. The Balaban J connectivity index is -0.000000367. The molecule has 2 atom stereocenters. The predicted molar refractivity (Wildman–Crippen MR) is 134 cm³/mol. The first-order chi connectivity index (χ1) is 9.74. The minimum atomic E-state index is -2.24. The van der Waals surface area contributed by atoms with Crippen LogP contribution in [0.3, 0.4) is 0 Å². The number of hydrogen-bond donors (Lipinski definition) is 1. The van der Waals surface area contributed by atoms with E-state index in [1.165, 1.54) is 0 Å². The summed E-state index contributed by atoms with van der Waals surface area (Å²) in [6.07, 6.45) is 2.07. The molecule has 2 unspecified atom stereocenters. The lowest BCUT2D eigenvalue weighted by Gasteiger charge is -2.42. The van der Waals surface area contributed by atoms with E-state index in [0.717, 1.165) is 24.9 Å². The van der Waals surface area contributed by atoms with Gasteiger partial charge in [-0.2, -0.15) is 0 Å². The van der Waals surface area contributed by atoms with E-state index in [-0.39, 0.29) is 29.7 Å². The molecular formula is C18H55NO3Si4. The molecule has 0 aliphatic heterocycles. The van der Waals surface area contributed by atoms with Crippen molar-refractivity contribution in [2.45, 2.75) is 114 Å². The maximum Gasteiger partial charge on any atom is 0.315 e. The van der Waals surface area contributed by atoms with E-state index in [0.29, 0.717) is 6.54 Å². The molecule has 0 saturated carbocycles. The van der Waals surface area contributed by atoms with Gasteiger partial charge in [-0.3, -0.25) is 0 Å². The highest BCUT2D eigenvalue weighted by atomic mass is 28.5. The Kier molecular flexibility index (Phi) is 21.1. The van der Waals surface area contributed by atoms with Crippen molar-refractivity contribution in [1.29, 1.82) is 0 Å². The first kappa shape index (κ1) is 37.5. The van der Waals surface area contributed by atoms with Crippen molar-refractivity contribution < 1.29 is 12.3 Å². The Labute approximate surface area is 172 Å². The zero-order valence-corrected chi connectivity index (χ0v) is 20.3. The fraction of sp³-hybridized carbons (Fsp3) is 1.00. The maximum absolute atomic E-state index is 6.77. The molecule has 8 heteroatoms. The molecule has 0 spiro atoms. The third-order valence-corrected chi connectivity index (χ3v) is 17.5. The molecule has 0 saturated heterocycles. The molecule has 0 aromatic heterocycles. The van der Waals surface area contributed by atoms with Crippen LogP contribution in [0.5, 0.6) is 0 Å². The lowest BCUT2D eigenvalue weighted by atomic mass is 10.5. The first-order valence-electron chi connectivity index (χ1n) is 8.55. The van der Waals surface area contributed by atoms with E-state index < -0.39 is 33.8 Å². The summed E-state index contributed by atoms with van der Waals surface area (Å²) in [6, 6.07) is 2.01. The van der Waals surface area contributed by atoms with Crippen molar-refractivity contribution in [2.24, 2.45) is 5.73 Å². The van der Waals surface area contributed by atoms with Crippen LogP contribution in [0.4, 0.5) is 0 Å². The highest BCUT2D eigenvalue weighted by Crippen LogP contribution is 2.30. The molecule has 0 aromatic carbocycles. The fourth-order valence-electron chi connectivity index (χ4n) is 2.88. The second-order valence-electron chi connectivity index (χ2n) is 8.44. The average molecular weight is 446 g/mol. The van der Waals surface area contributed by atoms with Crippen LogP contribution in [0.2, 0.25) is 64.5 Å². The number of rotatable bonds is 11. The third-order valence-electron chi connectivity index (χ3n) is 3.02. The van der Waals surface area contributed by atoms with Gasteiger partial charge in [0.25, 0.3) is 0 Å². The van der Waals surface area contributed by atoms with Gasteiger partial charge in [-0.15, -0.1) is 0 Å². The summed E-state index contributed by atoms with van der Waals surface area (Å²) in [7, 11) is -7.71. The van der Waals surface area contributed by atoms with Crippen LogP contribution in [0.15, 0.2) is 0 Å². The van der Waals surface area contributed by atoms with E-state index in [2.05, 4.69) is 59.3 Å². The van der Waals surface area contributed by atoms with Gasteiger partial charge in [0, 0.05) is 0 Å². The maximum atomic E-state index is 6.77. The fourth-order valence-corrected chi connectivity index (χ4v) is 21.4. The van der Waals surface area contributed by atoms with E-state index in [1.54, 1.807) is 0 Å². The lowest BCUT2D eigenvalue weighted by Crippen LogP contribution is -2.58. The normalized spacial score (nSPS) is 15.9. The van der Waals surface area contributed by atoms with Crippen molar-refractivity contribution in [1.82, 2.24) is 0 Å². The van der Waals surface area contributed by atoms with Crippen LogP contribution in [0, 0.1) is 0 Å². The summed E-state index contributed by atoms with van der Waals surface area (Å²) < 4.78 is 19.9. The summed E-state index contributed by atoms with van der Waals surface area (Å²) >= 11 is 0. The number of hydrogen-bond acceptors (Lipinski definition) is 4. The van der Waals surface area contributed by atoms with E-state index >= 15 is 0 Å². The summed E-state index contributed by atoms with van der Waals surface area (Å²) in [5, 5.41) is 0. The van der Waals surface area contributed by atoms with Crippen LogP contribution in [-0.4, -0.2) is 40.3 Å². The minimum absolute atomic E-state index is 0. The highest BCUT2D eigenvalue weighted by molar-refractivity contribution is 6.89. The lowest BCUT2D eigenvalue weighted by molar-refractivity contribution is 0.315. The molecule has 0 aromatic rings.